The molecule has 7 nitrogen and oxygen atoms in total. The van der Waals surface area contributed by atoms with E-state index >= 15 is 0 Å². The summed E-state index contributed by atoms with van der Waals surface area (Å²) in [5.74, 6) is 0.434. The van der Waals surface area contributed by atoms with E-state index in [0.29, 0.717) is 26.2 Å². The first-order valence-electron chi connectivity index (χ1n) is 8.38. The molecule has 2 amide bonds. The smallest absolute Gasteiger partial charge is 0.276 e. The Labute approximate surface area is 146 Å². The van der Waals surface area contributed by atoms with E-state index in [-0.39, 0.29) is 11.6 Å². The summed E-state index contributed by atoms with van der Waals surface area (Å²) in [6.07, 6.45) is 1.83. The molecule has 7 heteroatoms. The molecule has 1 aromatic heterocycles. The van der Waals surface area contributed by atoms with Crippen molar-refractivity contribution in [1.82, 2.24) is 15.1 Å². The Bertz CT molecular complexity index is 722. The molecule has 1 aromatic carbocycles. The van der Waals surface area contributed by atoms with Crippen molar-refractivity contribution in [2.75, 3.05) is 36.4 Å². The number of rotatable bonds is 5. The van der Waals surface area contributed by atoms with Crippen LogP contribution in [-0.4, -0.2) is 53.6 Å². The molecule has 0 aliphatic carbocycles. The summed E-state index contributed by atoms with van der Waals surface area (Å²) in [5, 5.41) is 11.0. The van der Waals surface area contributed by atoms with Gasteiger partial charge in [0.05, 0.1) is 0 Å². The predicted molar refractivity (Wildman–Crippen MR) is 95.7 cm³/mol. The normalized spacial score (nSPS) is 14.3. The number of aromatic nitrogens is 2. The maximum atomic E-state index is 12.3. The van der Waals surface area contributed by atoms with Gasteiger partial charge in [-0.15, -0.1) is 10.2 Å². The van der Waals surface area contributed by atoms with Crippen LogP contribution in [0.5, 0.6) is 0 Å². The number of hydrogen-bond donors (Lipinski definition) is 1. The summed E-state index contributed by atoms with van der Waals surface area (Å²) >= 11 is 0. The molecule has 0 atom stereocenters. The molecular formula is C18H21N5O2. The Kier molecular flexibility index (Phi) is 5.23. The Hall–Kier alpha value is -2.96. The number of hydrogen-bond acceptors (Lipinski definition) is 5. The molecule has 1 aliphatic heterocycles. The van der Waals surface area contributed by atoms with Gasteiger partial charge in [-0.2, -0.15) is 0 Å². The molecule has 0 unspecified atom stereocenters. The molecule has 0 radical (unpaired) electrons. The van der Waals surface area contributed by atoms with Crippen molar-refractivity contribution < 1.29 is 9.59 Å². The van der Waals surface area contributed by atoms with Crippen molar-refractivity contribution in [2.45, 2.75) is 13.3 Å². The fourth-order valence-electron chi connectivity index (χ4n) is 2.69. The average molecular weight is 339 g/mol. The lowest BCUT2D eigenvalue weighted by atomic mass is 10.1. The molecule has 2 heterocycles. The number of piperazine rings is 1. The van der Waals surface area contributed by atoms with E-state index in [1.807, 2.05) is 24.3 Å². The Morgan fingerprint density at radius 1 is 1.08 bits per heavy atom. The zero-order chi connectivity index (χ0) is 17.6. The van der Waals surface area contributed by atoms with Crippen LogP contribution in [0.3, 0.4) is 0 Å². The van der Waals surface area contributed by atoms with Crippen molar-refractivity contribution in [1.29, 1.82) is 0 Å². The summed E-state index contributed by atoms with van der Waals surface area (Å²) < 4.78 is 0. The molecule has 130 valence electrons. The van der Waals surface area contributed by atoms with Gasteiger partial charge in [0.25, 0.3) is 5.91 Å². The average Bonchev–Trinajstić information content (AvgIpc) is 2.69. The highest BCUT2D eigenvalue weighted by Gasteiger charge is 2.17. The SMILES string of the molecule is CCc1ccc(NC(=O)c2ccc(N3CCN(C=O)CC3)nn2)cc1. The van der Waals surface area contributed by atoms with E-state index in [9.17, 15) is 9.59 Å². The standard InChI is InChI=1S/C18H21N5O2/c1-2-14-3-5-15(6-4-14)19-18(25)16-7-8-17(21-20-16)23-11-9-22(13-24)10-12-23/h3-8,13H,2,9-12H2,1H3,(H,19,25). The number of amides is 2. The van der Waals surface area contributed by atoms with Crippen molar-refractivity contribution >= 4 is 23.8 Å². The molecule has 0 saturated carbocycles. The van der Waals surface area contributed by atoms with Gasteiger partial charge in [-0.3, -0.25) is 9.59 Å². The van der Waals surface area contributed by atoms with Gasteiger partial charge in [-0.1, -0.05) is 19.1 Å². The summed E-state index contributed by atoms with van der Waals surface area (Å²) in [5.41, 5.74) is 2.23. The number of carbonyl (C=O) groups excluding carboxylic acids is 2. The van der Waals surface area contributed by atoms with Gasteiger partial charge in [0.15, 0.2) is 11.5 Å². The molecule has 3 rings (SSSR count). The Morgan fingerprint density at radius 3 is 2.36 bits per heavy atom. The first kappa shape index (κ1) is 16.9. The molecule has 0 spiro atoms. The van der Waals surface area contributed by atoms with Crippen LogP contribution < -0.4 is 10.2 Å². The predicted octanol–water partition coefficient (Wildman–Crippen LogP) is 1.57. The van der Waals surface area contributed by atoms with Crippen LogP contribution in [-0.2, 0) is 11.2 Å². The number of nitrogens with one attached hydrogen (secondary N) is 1. The van der Waals surface area contributed by atoms with E-state index < -0.39 is 0 Å². The quantitative estimate of drug-likeness (QED) is 0.837. The summed E-state index contributed by atoms with van der Waals surface area (Å²) in [4.78, 5) is 26.8. The van der Waals surface area contributed by atoms with Gasteiger partial charge in [-0.25, -0.2) is 0 Å². The van der Waals surface area contributed by atoms with Crippen molar-refractivity contribution in [2.24, 2.45) is 0 Å². The molecule has 25 heavy (non-hydrogen) atoms. The minimum atomic E-state index is -0.283. The Morgan fingerprint density at radius 2 is 1.80 bits per heavy atom. The van der Waals surface area contributed by atoms with Gasteiger partial charge < -0.3 is 15.1 Å². The third kappa shape index (κ3) is 4.12. The van der Waals surface area contributed by atoms with E-state index in [1.165, 1.54) is 5.56 Å². The molecule has 1 N–H and O–H groups in total. The van der Waals surface area contributed by atoms with Crippen LogP contribution in [0.15, 0.2) is 36.4 Å². The van der Waals surface area contributed by atoms with Crippen molar-refractivity contribution in [3.05, 3.63) is 47.7 Å². The van der Waals surface area contributed by atoms with Gasteiger partial charge in [0.1, 0.15) is 0 Å². The molecule has 0 bridgehead atoms. The fraction of sp³-hybridized carbons (Fsp3) is 0.333. The lowest BCUT2D eigenvalue weighted by Crippen LogP contribution is -2.46. The molecule has 2 aromatic rings. The van der Waals surface area contributed by atoms with Crippen LogP contribution in [0.1, 0.15) is 23.0 Å². The van der Waals surface area contributed by atoms with E-state index in [1.54, 1.807) is 17.0 Å². The lowest BCUT2D eigenvalue weighted by Gasteiger charge is -2.32. The van der Waals surface area contributed by atoms with Crippen LogP contribution >= 0.6 is 0 Å². The second-order valence-electron chi connectivity index (χ2n) is 5.91. The third-order valence-electron chi connectivity index (χ3n) is 4.29. The van der Waals surface area contributed by atoms with E-state index in [4.69, 9.17) is 0 Å². The highest BCUT2D eigenvalue weighted by molar-refractivity contribution is 6.02. The summed E-state index contributed by atoms with van der Waals surface area (Å²) in [6.45, 7) is 4.84. The molecule has 1 saturated heterocycles. The minimum absolute atomic E-state index is 0.273. The van der Waals surface area contributed by atoms with Gasteiger partial charge in [0.2, 0.25) is 6.41 Å². The van der Waals surface area contributed by atoms with Crippen molar-refractivity contribution in [3.8, 4) is 0 Å². The highest BCUT2D eigenvalue weighted by atomic mass is 16.2. The topological polar surface area (TPSA) is 78.4 Å². The first-order chi connectivity index (χ1) is 12.2. The van der Waals surface area contributed by atoms with E-state index in [0.717, 1.165) is 24.3 Å². The summed E-state index contributed by atoms with van der Waals surface area (Å²) in [7, 11) is 0. The number of aryl methyl sites for hydroxylation is 1. The van der Waals surface area contributed by atoms with Crippen LogP contribution in [0.2, 0.25) is 0 Å². The van der Waals surface area contributed by atoms with Gasteiger partial charge in [-0.05, 0) is 36.2 Å². The number of benzene rings is 1. The Balaban J connectivity index is 1.61. The first-order valence-corrected chi connectivity index (χ1v) is 8.38. The molecular weight excluding hydrogens is 318 g/mol. The number of anilines is 2. The van der Waals surface area contributed by atoms with Crippen LogP contribution in [0.4, 0.5) is 11.5 Å². The maximum absolute atomic E-state index is 12.3. The van der Waals surface area contributed by atoms with Crippen LogP contribution in [0.25, 0.3) is 0 Å². The second-order valence-corrected chi connectivity index (χ2v) is 5.91. The fourth-order valence-corrected chi connectivity index (χ4v) is 2.69. The number of carbonyl (C=O) groups is 2. The third-order valence-corrected chi connectivity index (χ3v) is 4.29. The second kappa shape index (κ2) is 7.74. The molecule has 1 aliphatic rings. The van der Waals surface area contributed by atoms with E-state index in [2.05, 4.69) is 27.3 Å². The summed E-state index contributed by atoms with van der Waals surface area (Å²) in [6, 6.07) is 11.2. The monoisotopic (exact) mass is 339 g/mol. The zero-order valence-corrected chi connectivity index (χ0v) is 14.2. The largest absolute Gasteiger partial charge is 0.352 e. The lowest BCUT2D eigenvalue weighted by molar-refractivity contribution is -0.118. The van der Waals surface area contributed by atoms with Gasteiger partial charge in [0, 0.05) is 31.9 Å². The molecule has 1 fully saturated rings. The van der Waals surface area contributed by atoms with Crippen molar-refractivity contribution in [3.63, 3.8) is 0 Å². The van der Waals surface area contributed by atoms with Gasteiger partial charge >= 0.3 is 0 Å². The number of nitrogens with zero attached hydrogens (tertiary/aromatic N) is 4. The minimum Gasteiger partial charge on any atom is -0.352 e. The zero-order valence-electron chi connectivity index (χ0n) is 14.2. The van der Waals surface area contributed by atoms with Crippen LogP contribution in [0, 0.1) is 0 Å². The highest BCUT2D eigenvalue weighted by Crippen LogP contribution is 2.14. The maximum Gasteiger partial charge on any atom is 0.276 e.